The average Bonchev–Trinajstić information content (AvgIpc) is 0.811. The van der Waals surface area contributed by atoms with Crippen molar-refractivity contribution in [2.45, 2.75) is 0 Å². The van der Waals surface area contributed by atoms with Gasteiger partial charge >= 0.3 is 0 Å². The first-order valence-electron chi connectivity index (χ1n) is 0.583. The van der Waals surface area contributed by atoms with E-state index in [9.17, 15) is 0 Å². The van der Waals surface area contributed by atoms with Crippen LogP contribution in [-0.2, 0) is 17.1 Å². The molecule has 0 amide bonds. The summed E-state index contributed by atoms with van der Waals surface area (Å²) in [5, 5.41) is 21.0. The first kappa shape index (κ1) is 60.4. The summed E-state index contributed by atoms with van der Waals surface area (Å²) < 4.78 is 0. The largest absolute Gasteiger partial charge is 0.738 e. The molecule has 0 aromatic heterocycles. The molecule has 0 spiro atoms. The Morgan fingerprint density at radius 1 is 0.889 bits per heavy atom. The molecule has 0 bridgehead atoms. The van der Waals surface area contributed by atoms with E-state index >= 15 is 0 Å². The van der Waals surface area contributed by atoms with E-state index in [0.717, 1.165) is 0 Å². The van der Waals surface area contributed by atoms with Crippen LogP contribution in [0.1, 0.15) is 0 Å². The smallest absolute Gasteiger partial charge is 0 e. The van der Waals surface area contributed by atoms with Gasteiger partial charge in [-0.1, -0.05) is 0 Å². The van der Waals surface area contributed by atoms with Gasteiger partial charge in [0.05, 0.1) is 0 Å². The van der Waals surface area contributed by atoms with E-state index in [1.165, 1.54) is 0 Å². The van der Waals surface area contributed by atoms with Crippen molar-refractivity contribution < 1.29 is 49.4 Å². The molecule has 0 saturated carbocycles. The van der Waals surface area contributed by atoms with Crippen LogP contribution in [0.25, 0.3) is 0 Å². The molecule has 1 radical (unpaired) electrons. The zero-order chi connectivity index (χ0) is 3.58. The summed E-state index contributed by atoms with van der Waals surface area (Å²) in [7, 11) is 0. The monoisotopic (exact) mass is 191 g/mol. The second-order valence-corrected chi connectivity index (χ2v) is 0.253. The summed E-state index contributed by atoms with van der Waals surface area (Å²) in [4.78, 5) is 0. The third-order valence-electron chi connectivity index (χ3n) is 0. The quantitative estimate of drug-likeness (QED) is 0.293. The van der Waals surface area contributed by atoms with Gasteiger partial charge in [-0.2, -0.15) is 0 Å². The maximum absolute atomic E-state index is 8.47. The van der Waals surface area contributed by atoms with E-state index < -0.39 is 5.39 Å². The van der Waals surface area contributed by atoms with Crippen molar-refractivity contribution >= 4 is 0 Å². The molecule has 0 saturated heterocycles. The van der Waals surface area contributed by atoms with Gasteiger partial charge in [0.1, 0.15) is 0 Å². The van der Waals surface area contributed by atoms with Crippen molar-refractivity contribution in [2.75, 3.05) is 0 Å². The summed E-state index contributed by atoms with van der Waals surface area (Å²) >= 11 is 0. The Bertz CT molecular complexity index is 13.6. The molecule has 0 aliphatic rings. The Hall–Kier alpha value is 0.199. The van der Waals surface area contributed by atoms with Crippen molar-refractivity contribution in [3.05, 3.63) is 5.21 Å². The molecule has 0 fully saturated rings. The van der Waals surface area contributed by atoms with Crippen LogP contribution in [0.2, 0.25) is 0 Å². The summed E-state index contributed by atoms with van der Waals surface area (Å²) in [6, 6.07) is 0. The molecule has 10 N–H and O–H groups in total. The Morgan fingerprint density at radius 2 is 0.889 bits per heavy atom. The zero-order valence-electron chi connectivity index (χ0n) is 4.13. The van der Waals surface area contributed by atoms with Crippen LogP contribution in [0.5, 0.6) is 0 Å². The molecule has 0 aromatic carbocycles. The number of hydrogen-bond acceptors (Lipinski definition) is 4. The van der Waals surface area contributed by atoms with Crippen LogP contribution in [-0.4, -0.2) is 37.7 Å². The predicted molar refractivity (Wildman–Crippen MR) is 23.2 cm³/mol. The minimum absolute atomic E-state index is 0. The number of rotatable bonds is 0. The van der Waals surface area contributed by atoms with Gasteiger partial charge in [0.15, 0.2) is 0 Å². The van der Waals surface area contributed by atoms with E-state index in [1.54, 1.807) is 0 Å². The molecule has 8 nitrogen and oxygen atoms in total. The van der Waals surface area contributed by atoms with Gasteiger partial charge in [0.25, 0.3) is 0 Å². The molecular weight excluding hydrogens is 181 g/mol. The summed E-state index contributed by atoms with van der Waals surface area (Å²) in [5.74, 6) is 0. The molecule has 0 heterocycles. The van der Waals surface area contributed by atoms with E-state index in [1.807, 2.05) is 0 Å². The standard InChI is InChI=1S/Mn.H2NO3.4H2O/c;2-1(3)4;;;;/h;2-3H;4*1H2/q;-1;;;;. The molecule has 0 aliphatic carbocycles. The fraction of sp³-hybridized carbons (Fsp3) is 0. The molecule has 65 valence electrons. The summed E-state index contributed by atoms with van der Waals surface area (Å²) in [6.45, 7) is 0. The Labute approximate surface area is 60.9 Å². The molecule has 0 rings (SSSR count). The summed E-state index contributed by atoms with van der Waals surface area (Å²) in [6.07, 6.45) is 0. The van der Waals surface area contributed by atoms with Gasteiger partial charge in [0.2, 0.25) is 0 Å². The van der Waals surface area contributed by atoms with Gasteiger partial charge in [-0.05, 0) is 0 Å². The van der Waals surface area contributed by atoms with Gasteiger partial charge in [0, 0.05) is 17.1 Å². The molecule has 9 heavy (non-hydrogen) atoms. The van der Waals surface area contributed by atoms with Gasteiger partial charge < -0.3 is 37.5 Å². The third-order valence-corrected chi connectivity index (χ3v) is 0. The zero-order valence-corrected chi connectivity index (χ0v) is 5.31. The van der Waals surface area contributed by atoms with Crippen LogP contribution in [0.15, 0.2) is 0 Å². The molecule has 0 unspecified atom stereocenters. The van der Waals surface area contributed by atoms with E-state index in [4.69, 9.17) is 15.6 Å². The van der Waals surface area contributed by atoms with Gasteiger partial charge in [-0.3, -0.25) is 0 Å². The average molecular weight is 191 g/mol. The second kappa shape index (κ2) is 41.5. The SMILES string of the molecule is O.O.O.O.[Mn].[O-]N(O)O. The van der Waals surface area contributed by atoms with E-state index in [0.29, 0.717) is 0 Å². The fourth-order valence-electron chi connectivity index (χ4n) is 0. The predicted octanol–water partition coefficient (Wildman–Crippen LogP) is -3.74. The Kier molecular flexibility index (Phi) is 279. The normalized spacial score (nSPS) is 4.00. The van der Waals surface area contributed by atoms with Crippen molar-refractivity contribution in [3.63, 3.8) is 0 Å². The first-order chi connectivity index (χ1) is 1.73. The Balaban J connectivity index is -0.00000000450. The molecule has 0 atom stereocenters. The Morgan fingerprint density at radius 3 is 0.889 bits per heavy atom. The fourth-order valence-corrected chi connectivity index (χ4v) is 0. The number of hydrogen-bond donors (Lipinski definition) is 2. The number of nitrogens with zero attached hydrogens (tertiary/aromatic N) is 1. The minimum atomic E-state index is -1.25. The van der Waals surface area contributed by atoms with Crippen molar-refractivity contribution in [1.29, 1.82) is 0 Å². The van der Waals surface area contributed by atoms with Crippen LogP contribution in [0.4, 0.5) is 0 Å². The van der Waals surface area contributed by atoms with Crippen LogP contribution >= 0.6 is 0 Å². The van der Waals surface area contributed by atoms with Crippen molar-refractivity contribution in [2.24, 2.45) is 0 Å². The first-order valence-corrected chi connectivity index (χ1v) is 0.583. The van der Waals surface area contributed by atoms with Crippen molar-refractivity contribution in [1.82, 2.24) is 5.39 Å². The molecule has 0 aromatic rings. The summed E-state index contributed by atoms with van der Waals surface area (Å²) in [5.41, 5.74) is 0. The van der Waals surface area contributed by atoms with Crippen molar-refractivity contribution in [3.8, 4) is 0 Å². The minimum Gasteiger partial charge on any atom is -0.738 e. The topological polar surface area (TPSA) is 193 Å². The van der Waals surface area contributed by atoms with Crippen LogP contribution in [0, 0.1) is 5.21 Å². The maximum atomic E-state index is 8.47. The van der Waals surface area contributed by atoms with Gasteiger partial charge in [-0.25, -0.2) is 0 Å². The van der Waals surface area contributed by atoms with E-state index in [2.05, 4.69) is 0 Å². The molecule has 0 aliphatic heterocycles. The van der Waals surface area contributed by atoms with E-state index in [-0.39, 0.29) is 39.0 Å². The van der Waals surface area contributed by atoms with Crippen LogP contribution in [0.3, 0.4) is 0 Å². The third kappa shape index (κ3) is 7920. The molecule has 9 heteroatoms. The second-order valence-electron chi connectivity index (χ2n) is 0.253. The van der Waals surface area contributed by atoms with Gasteiger partial charge in [-0.15, -0.1) is 5.39 Å². The van der Waals surface area contributed by atoms with Crippen LogP contribution < -0.4 is 0 Å². The molecular formula is H10MnNO7-. The maximum Gasteiger partial charge on any atom is 0 e.